The number of para-hydroxylation sites is 1. The summed E-state index contributed by atoms with van der Waals surface area (Å²) in [5, 5.41) is 4.50. The van der Waals surface area contributed by atoms with Gasteiger partial charge in [0.05, 0.1) is 24.2 Å². The van der Waals surface area contributed by atoms with E-state index in [1.807, 2.05) is 30.3 Å². The Morgan fingerprint density at radius 1 is 1.06 bits per heavy atom. The minimum Gasteiger partial charge on any atom is -0.493 e. The fourth-order valence-electron chi connectivity index (χ4n) is 3.10. The monoisotopic (exact) mass is 479 g/mol. The average molecular weight is 480 g/mol. The van der Waals surface area contributed by atoms with E-state index in [4.69, 9.17) is 9.47 Å². The highest BCUT2D eigenvalue weighted by Gasteiger charge is 2.13. The maximum absolute atomic E-state index is 12.7. The third-order valence-corrected chi connectivity index (χ3v) is 5.05. The maximum atomic E-state index is 12.7. The van der Waals surface area contributed by atoms with E-state index in [9.17, 15) is 9.59 Å². The first-order valence-corrected chi connectivity index (χ1v) is 10.2. The molecule has 0 bridgehead atoms. The van der Waals surface area contributed by atoms with Gasteiger partial charge in [-0.1, -0.05) is 58.4 Å². The van der Waals surface area contributed by atoms with Crippen molar-refractivity contribution >= 4 is 33.0 Å². The zero-order valence-corrected chi connectivity index (χ0v) is 18.1. The number of H-pyrrole nitrogens is 1. The molecular formula is C23H18BrN3O4. The predicted molar refractivity (Wildman–Crippen MR) is 123 cm³/mol. The molecular weight excluding hydrogens is 462 g/mol. The molecule has 7 nitrogen and oxygen atoms in total. The van der Waals surface area contributed by atoms with Crippen LogP contribution >= 0.6 is 15.9 Å². The second kappa shape index (κ2) is 9.01. The van der Waals surface area contributed by atoms with Gasteiger partial charge in [0.2, 0.25) is 0 Å². The Morgan fingerprint density at radius 3 is 2.58 bits per heavy atom. The van der Waals surface area contributed by atoms with E-state index in [-0.39, 0.29) is 0 Å². The SMILES string of the molecule is COc1cc(Br)cc(C=Nn2c(=O)[nH]c3ccccc3c2=O)c1OCc1ccccc1. The van der Waals surface area contributed by atoms with Gasteiger partial charge in [-0.3, -0.25) is 4.79 Å². The number of aromatic amines is 1. The lowest BCUT2D eigenvalue weighted by atomic mass is 10.2. The maximum Gasteiger partial charge on any atom is 0.349 e. The highest BCUT2D eigenvalue weighted by atomic mass is 79.9. The third kappa shape index (κ3) is 4.44. The van der Waals surface area contributed by atoms with Crippen molar-refractivity contribution in [3.8, 4) is 11.5 Å². The van der Waals surface area contributed by atoms with Gasteiger partial charge in [-0.2, -0.15) is 5.10 Å². The van der Waals surface area contributed by atoms with Gasteiger partial charge < -0.3 is 14.5 Å². The molecule has 0 radical (unpaired) electrons. The van der Waals surface area contributed by atoms with Gasteiger partial charge in [0, 0.05) is 10.0 Å². The van der Waals surface area contributed by atoms with Gasteiger partial charge in [-0.25, -0.2) is 4.79 Å². The lowest BCUT2D eigenvalue weighted by Gasteiger charge is -2.14. The van der Waals surface area contributed by atoms with E-state index >= 15 is 0 Å². The van der Waals surface area contributed by atoms with Gasteiger partial charge in [-0.05, 0) is 29.8 Å². The van der Waals surface area contributed by atoms with Crippen LogP contribution in [0.15, 0.2) is 85.9 Å². The first-order chi connectivity index (χ1) is 15.1. The van der Waals surface area contributed by atoms with Crippen molar-refractivity contribution in [1.29, 1.82) is 0 Å². The number of rotatable bonds is 6. The van der Waals surface area contributed by atoms with Crippen molar-refractivity contribution in [3.63, 3.8) is 0 Å². The largest absolute Gasteiger partial charge is 0.493 e. The fourth-order valence-corrected chi connectivity index (χ4v) is 3.55. The molecule has 0 unspecified atom stereocenters. The van der Waals surface area contributed by atoms with Crippen molar-refractivity contribution in [2.75, 3.05) is 7.11 Å². The highest BCUT2D eigenvalue weighted by Crippen LogP contribution is 2.34. The molecule has 8 heteroatoms. The van der Waals surface area contributed by atoms with E-state index in [1.165, 1.54) is 13.3 Å². The number of fused-ring (bicyclic) bond motifs is 1. The second-order valence-electron chi connectivity index (χ2n) is 6.64. The Labute approximate surface area is 185 Å². The van der Waals surface area contributed by atoms with Crippen LogP contribution in [0, 0.1) is 0 Å². The van der Waals surface area contributed by atoms with E-state index < -0.39 is 11.2 Å². The topological polar surface area (TPSA) is 85.7 Å². The van der Waals surface area contributed by atoms with Gasteiger partial charge in [0.15, 0.2) is 11.5 Å². The van der Waals surface area contributed by atoms with Crippen molar-refractivity contribution in [2.24, 2.45) is 5.10 Å². The first-order valence-electron chi connectivity index (χ1n) is 9.39. The Morgan fingerprint density at radius 2 is 1.81 bits per heavy atom. The smallest absolute Gasteiger partial charge is 0.349 e. The molecule has 0 spiro atoms. The molecule has 1 N–H and O–H groups in total. The Hall–Kier alpha value is -3.65. The molecule has 0 aliphatic heterocycles. The summed E-state index contributed by atoms with van der Waals surface area (Å²) in [4.78, 5) is 27.8. The average Bonchev–Trinajstić information content (AvgIpc) is 2.78. The van der Waals surface area contributed by atoms with Crippen LogP contribution in [0.1, 0.15) is 11.1 Å². The number of methoxy groups -OCH3 is 1. The first kappa shape index (κ1) is 20.6. The number of benzene rings is 3. The molecule has 0 aliphatic carbocycles. The summed E-state index contributed by atoms with van der Waals surface area (Å²) in [6.07, 6.45) is 1.40. The number of nitrogens with one attached hydrogen (secondary N) is 1. The van der Waals surface area contributed by atoms with Crippen molar-refractivity contribution in [1.82, 2.24) is 9.66 Å². The lowest BCUT2D eigenvalue weighted by Crippen LogP contribution is -2.32. The number of halogens is 1. The Balaban J connectivity index is 1.75. The number of aromatic nitrogens is 2. The molecule has 156 valence electrons. The quantitative estimate of drug-likeness (QED) is 0.424. The Kier molecular flexibility index (Phi) is 5.99. The second-order valence-corrected chi connectivity index (χ2v) is 7.55. The van der Waals surface area contributed by atoms with E-state index in [2.05, 4.69) is 26.0 Å². The molecule has 0 saturated carbocycles. The summed E-state index contributed by atoms with van der Waals surface area (Å²) in [5.41, 5.74) is 0.845. The molecule has 0 amide bonds. The van der Waals surface area contributed by atoms with Gasteiger partial charge in [0.1, 0.15) is 6.61 Å². The molecule has 0 aliphatic rings. The summed E-state index contributed by atoms with van der Waals surface area (Å²) >= 11 is 3.44. The van der Waals surface area contributed by atoms with Crippen LogP contribution in [0.5, 0.6) is 11.5 Å². The lowest BCUT2D eigenvalue weighted by molar-refractivity contribution is 0.284. The number of hydrogen-bond acceptors (Lipinski definition) is 5. The molecule has 0 atom stereocenters. The van der Waals surface area contributed by atoms with Crippen molar-refractivity contribution in [2.45, 2.75) is 6.61 Å². The number of hydrogen-bond donors (Lipinski definition) is 1. The van der Waals surface area contributed by atoms with Crippen molar-refractivity contribution in [3.05, 3.63) is 103 Å². The molecule has 4 rings (SSSR count). The molecule has 3 aromatic carbocycles. The van der Waals surface area contributed by atoms with Crippen LogP contribution in [0.3, 0.4) is 0 Å². The molecule has 4 aromatic rings. The van der Waals surface area contributed by atoms with Gasteiger partial charge in [0.25, 0.3) is 5.56 Å². The molecule has 1 aromatic heterocycles. The molecule has 31 heavy (non-hydrogen) atoms. The summed E-state index contributed by atoms with van der Waals surface area (Å²) < 4.78 is 13.0. The highest BCUT2D eigenvalue weighted by molar-refractivity contribution is 9.10. The normalized spacial score (nSPS) is 11.2. The minimum absolute atomic E-state index is 0.316. The van der Waals surface area contributed by atoms with E-state index in [0.29, 0.717) is 34.6 Å². The van der Waals surface area contributed by atoms with Gasteiger partial charge >= 0.3 is 5.69 Å². The molecule has 1 heterocycles. The summed E-state index contributed by atoms with van der Waals surface area (Å²) in [6, 6.07) is 20.0. The molecule has 0 saturated heterocycles. The van der Waals surface area contributed by atoms with Crippen LogP contribution in [0.25, 0.3) is 10.9 Å². The van der Waals surface area contributed by atoms with Crippen LogP contribution in [0.2, 0.25) is 0 Å². The van der Waals surface area contributed by atoms with Crippen molar-refractivity contribution < 1.29 is 9.47 Å². The zero-order valence-electron chi connectivity index (χ0n) is 16.5. The Bertz CT molecular complexity index is 1380. The summed E-state index contributed by atoms with van der Waals surface area (Å²) in [6.45, 7) is 0.316. The predicted octanol–water partition coefficient (Wildman–Crippen LogP) is 3.92. The number of nitrogens with zero attached hydrogens (tertiary/aromatic N) is 2. The summed E-state index contributed by atoms with van der Waals surface area (Å²) in [7, 11) is 1.54. The minimum atomic E-state index is -0.631. The van der Waals surface area contributed by atoms with E-state index in [0.717, 1.165) is 14.7 Å². The molecule has 0 fully saturated rings. The fraction of sp³-hybridized carbons (Fsp3) is 0.0870. The number of ether oxygens (including phenoxy) is 2. The van der Waals surface area contributed by atoms with Crippen LogP contribution in [0.4, 0.5) is 0 Å². The van der Waals surface area contributed by atoms with Gasteiger partial charge in [-0.15, -0.1) is 4.68 Å². The standard InChI is InChI=1S/C23H18BrN3O4/c1-30-20-12-17(24)11-16(21(20)31-14-15-7-3-2-4-8-15)13-25-27-22(28)18-9-5-6-10-19(18)26-23(27)29/h2-13H,14H2,1H3,(H,26,29). The third-order valence-electron chi connectivity index (χ3n) is 4.59. The van der Waals surface area contributed by atoms with E-state index in [1.54, 1.807) is 36.4 Å². The van der Waals surface area contributed by atoms with Crippen LogP contribution in [-0.4, -0.2) is 23.0 Å². The summed E-state index contributed by atoms with van der Waals surface area (Å²) in [5.74, 6) is 0.940. The van der Waals surface area contributed by atoms with Crippen LogP contribution in [-0.2, 0) is 6.61 Å². The van der Waals surface area contributed by atoms with Crippen LogP contribution < -0.4 is 20.7 Å². The zero-order chi connectivity index (χ0) is 21.8.